The summed E-state index contributed by atoms with van der Waals surface area (Å²) in [5.74, 6) is -0.599. The molecule has 162 valence electrons. The number of sulfonamides is 1. The highest BCUT2D eigenvalue weighted by molar-refractivity contribution is 7.90. The van der Waals surface area contributed by atoms with Crippen molar-refractivity contribution in [3.05, 3.63) is 35.3 Å². The SMILES string of the molecule is CC(C)Cn1cc([C@H](NS(=O)(=O)C2CC2)C(F)(F)F)c2cc(F)c(C(C)C)cc21. The Kier molecular flexibility index (Phi) is 5.77. The van der Waals surface area contributed by atoms with Crippen LogP contribution in [0.25, 0.3) is 10.9 Å². The molecule has 1 N–H and O–H groups in total. The molecule has 0 aliphatic heterocycles. The molecule has 0 spiro atoms. The van der Waals surface area contributed by atoms with Crippen molar-refractivity contribution in [1.82, 2.24) is 9.29 Å². The lowest BCUT2D eigenvalue weighted by Crippen LogP contribution is -2.39. The standard InChI is InChI=1S/C20H26F4N2O2S/c1-11(2)9-26-10-16(15-7-17(21)14(12(3)4)8-18(15)26)19(20(22,23)24)25-29(27,28)13-5-6-13/h7-8,10-13,19,25H,5-6,9H2,1-4H3/t19-/m0/s1. The van der Waals surface area contributed by atoms with Crippen LogP contribution >= 0.6 is 0 Å². The molecule has 0 radical (unpaired) electrons. The van der Waals surface area contributed by atoms with Gasteiger partial charge < -0.3 is 4.57 Å². The number of fused-ring (bicyclic) bond motifs is 1. The van der Waals surface area contributed by atoms with E-state index < -0.39 is 33.3 Å². The molecule has 2 aromatic rings. The second kappa shape index (κ2) is 7.58. The van der Waals surface area contributed by atoms with E-state index in [1.54, 1.807) is 10.6 Å². The Morgan fingerprint density at radius 2 is 1.76 bits per heavy atom. The van der Waals surface area contributed by atoms with Crippen molar-refractivity contribution in [3.8, 4) is 0 Å². The van der Waals surface area contributed by atoms with Crippen LogP contribution in [0.5, 0.6) is 0 Å². The summed E-state index contributed by atoms with van der Waals surface area (Å²) in [5, 5.41) is -0.714. The van der Waals surface area contributed by atoms with Crippen LogP contribution in [0.3, 0.4) is 0 Å². The Hall–Kier alpha value is -1.61. The Balaban J connectivity index is 2.20. The maximum absolute atomic E-state index is 14.6. The van der Waals surface area contributed by atoms with Crippen LogP contribution in [0.4, 0.5) is 17.6 Å². The zero-order chi connectivity index (χ0) is 21.7. The van der Waals surface area contributed by atoms with Crippen LogP contribution in [0.2, 0.25) is 0 Å². The number of rotatable bonds is 7. The average Bonchev–Trinajstić information content (AvgIpc) is 3.36. The van der Waals surface area contributed by atoms with Gasteiger partial charge in [0.15, 0.2) is 0 Å². The van der Waals surface area contributed by atoms with Gasteiger partial charge in [0, 0.05) is 29.2 Å². The van der Waals surface area contributed by atoms with Crippen molar-refractivity contribution in [3.63, 3.8) is 0 Å². The highest BCUT2D eigenvalue weighted by Crippen LogP contribution is 2.41. The molecule has 3 rings (SSSR count). The molecule has 1 aliphatic rings. The highest BCUT2D eigenvalue weighted by atomic mass is 32.2. The third-order valence-electron chi connectivity index (χ3n) is 5.10. The van der Waals surface area contributed by atoms with E-state index in [0.29, 0.717) is 30.5 Å². The lowest BCUT2D eigenvalue weighted by Gasteiger charge is -2.21. The molecule has 1 saturated carbocycles. The third kappa shape index (κ3) is 4.60. The molecule has 1 fully saturated rings. The number of halogens is 4. The molecular formula is C20H26F4N2O2S. The van der Waals surface area contributed by atoms with Gasteiger partial charge in [-0.25, -0.2) is 12.8 Å². The molecule has 0 amide bonds. The first-order valence-electron chi connectivity index (χ1n) is 9.71. The summed E-state index contributed by atoms with van der Waals surface area (Å²) < 4.78 is 84.3. The van der Waals surface area contributed by atoms with Crippen LogP contribution in [0.1, 0.15) is 63.6 Å². The summed E-state index contributed by atoms with van der Waals surface area (Å²) in [4.78, 5) is 0. The van der Waals surface area contributed by atoms with Crippen molar-refractivity contribution in [2.24, 2.45) is 5.92 Å². The number of nitrogens with zero attached hydrogens (tertiary/aromatic N) is 1. The van der Waals surface area contributed by atoms with Crippen LogP contribution in [-0.4, -0.2) is 24.4 Å². The number of hydrogen-bond acceptors (Lipinski definition) is 2. The molecule has 1 aromatic heterocycles. The fourth-order valence-corrected chi connectivity index (χ4v) is 5.05. The van der Waals surface area contributed by atoms with E-state index in [4.69, 9.17) is 0 Å². The predicted octanol–water partition coefficient (Wildman–Crippen LogP) is 5.25. The van der Waals surface area contributed by atoms with Crippen molar-refractivity contribution in [2.75, 3.05) is 0 Å². The summed E-state index contributed by atoms with van der Waals surface area (Å²) >= 11 is 0. The van der Waals surface area contributed by atoms with Gasteiger partial charge in [0.25, 0.3) is 0 Å². The quantitative estimate of drug-likeness (QED) is 0.606. The number of hydrogen-bond donors (Lipinski definition) is 1. The van der Waals surface area contributed by atoms with E-state index in [2.05, 4.69) is 0 Å². The summed E-state index contributed by atoms with van der Waals surface area (Å²) in [5.41, 5.74) is 0.611. The van der Waals surface area contributed by atoms with E-state index in [1.807, 2.05) is 32.4 Å². The Labute approximate surface area is 168 Å². The van der Waals surface area contributed by atoms with Gasteiger partial charge in [-0.05, 0) is 42.4 Å². The van der Waals surface area contributed by atoms with Crippen molar-refractivity contribution < 1.29 is 26.0 Å². The fourth-order valence-electron chi connectivity index (χ4n) is 3.52. The van der Waals surface area contributed by atoms with Crippen LogP contribution in [0, 0.1) is 11.7 Å². The number of benzene rings is 1. The maximum Gasteiger partial charge on any atom is 0.408 e. The minimum Gasteiger partial charge on any atom is -0.347 e. The predicted molar refractivity (Wildman–Crippen MR) is 105 cm³/mol. The number of aromatic nitrogens is 1. The monoisotopic (exact) mass is 434 g/mol. The Bertz CT molecular complexity index is 1010. The normalized spacial score (nSPS) is 16.9. The largest absolute Gasteiger partial charge is 0.408 e. The molecule has 9 heteroatoms. The topological polar surface area (TPSA) is 51.1 Å². The minimum absolute atomic E-state index is 0.0772. The van der Waals surface area contributed by atoms with E-state index in [0.717, 1.165) is 6.07 Å². The van der Waals surface area contributed by atoms with E-state index >= 15 is 0 Å². The second-order valence-electron chi connectivity index (χ2n) is 8.51. The molecule has 1 aliphatic carbocycles. The first-order chi connectivity index (χ1) is 13.3. The van der Waals surface area contributed by atoms with Crippen molar-refractivity contribution >= 4 is 20.9 Å². The summed E-state index contributed by atoms with van der Waals surface area (Å²) in [6.45, 7) is 7.90. The van der Waals surface area contributed by atoms with Crippen LogP contribution in [0.15, 0.2) is 18.3 Å². The molecule has 0 bridgehead atoms. The first kappa shape index (κ1) is 22.1. The molecule has 1 heterocycles. The van der Waals surface area contributed by atoms with Gasteiger partial charge in [-0.1, -0.05) is 27.7 Å². The average molecular weight is 434 g/mol. The van der Waals surface area contributed by atoms with Gasteiger partial charge in [0.1, 0.15) is 11.9 Å². The Morgan fingerprint density at radius 1 is 1.14 bits per heavy atom. The molecule has 0 saturated heterocycles. The zero-order valence-corrected chi connectivity index (χ0v) is 17.7. The molecule has 1 atom stereocenters. The fraction of sp³-hybridized carbons (Fsp3) is 0.600. The summed E-state index contributed by atoms with van der Waals surface area (Å²) in [6.07, 6.45) is -2.85. The molecule has 1 aromatic carbocycles. The highest BCUT2D eigenvalue weighted by Gasteiger charge is 2.47. The van der Waals surface area contributed by atoms with Gasteiger partial charge in [0.05, 0.1) is 5.25 Å². The van der Waals surface area contributed by atoms with Gasteiger partial charge >= 0.3 is 6.18 Å². The summed E-state index contributed by atoms with van der Waals surface area (Å²) in [7, 11) is -4.10. The Morgan fingerprint density at radius 3 is 2.24 bits per heavy atom. The van der Waals surface area contributed by atoms with E-state index in [-0.39, 0.29) is 22.8 Å². The number of alkyl halides is 3. The van der Waals surface area contributed by atoms with E-state index in [1.165, 1.54) is 6.20 Å². The second-order valence-corrected chi connectivity index (χ2v) is 10.5. The molecule has 29 heavy (non-hydrogen) atoms. The van der Waals surface area contributed by atoms with Gasteiger partial charge in [-0.2, -0.15) is 17.9 Å². The lowest BCUT2D eigenvalue weighted by molar-refractivity contribution is -0.152. The van der Waals surface area contributed by atoms with Crippen LogP contribution < -0.4 is 4.72 Å². The minimum atomic E-state index is -4.86. The molecule has 0 unspecified atom stereocenters. The van der Waals surface area contributed by atoms with Crippen LogP contribution in [-0.2, 0) is 16.6 Å². The third-order valence-corrected chi connectivity index (χ3v) is 7.01. The molecule has 4 nitrogen and oxygen atoms in total. The van der Waals surface area contributed by atoms with Gasteiger partial charge in [-0.3, -0.25) is 0 Å². The smallest absolute Gasteiger partial charge is 0.347 e. The van der Waals surface area contributed by atoms with Gasteiger partial charge in [0.2, 0.25) is 10.0 Å². The van der Waals surface area contributed by atoms with Crippen molar-refractivity contribution in [1.29, 1.82) is 0 Å². The summed E-state index contributed by atoms with van der Waals surface area (Å²) in [6, 6.07) is 0.249. The number of nitrogens with one attached hydrogen (secondary N) is 1. The van der Waals surface area contributed by atoms with E-state index in [9.17, 15) is 26.0 Å². The van der Waals surface area contributed by atoms with Gasteiger partial charge in [-0.15, -0.1) is 0 Å². The lowest BCUT2D eigenvalue weighted by atomic mass is 9.98. The zero-order valence-electron chi connectivity index (χ0n) is 16.8. The first-order valence-corrected chi connectivity index (χ1v) is 11.3. The van der Waals surface area contributed by atoms with Crippen molar-refractivity contribution in [2.45, 2.75) is 70.5 Å². The molecular weight excluding hydrogens is 408 g/mol. The maximum atomic E-state index is 14.6.